The van der Waals surface area contributed by atoms with E-state index in [1.54, 1.807) is 0 Å². The number of ether oxygens (including phenoxy) is 2. The minimum absolute atomic E-state index is 0.0174. The van der Waals surface area contributed by atoms with Crippen LogP contribution in [-0.4, -0.2) is 20.4 Å². The van der Waals surface area contributed by atoms with Crippen LogP contribution >= 0.6 is 63.7 Å². The Morgan fingerprint density at radius 2 is 1.06 bits per heavy atom. The molecule has 0 spiro atoms. The fraction of sp³-hybridized carbons (Fsp3) is 0.100. The Balaban J connectivity index is 2.66. The molecule has 31 heavy (non-hydrogen) atoms. The molecule has 0 amide bonds. The van der Waals surface area contributed by atoms with E-state index in [2.05, 4.69) is 76.9 Å². The SMILES string of the molecule is C=C(C)C(=O)Oc1c(Br)ccc(S(=O)(=O)c2ccc(Br)c(OC(=O)C(=C)C)c2Br)c1Br. The summed E-state index contributed by atoms with van der Waals surface area (Å²) < 4.78 is 38.2. The Morgan fingerprint density at radius 3 is 1.35 bits per heavy atom. The first-order valence-electron chi connectivity index (χ1n) is 8.25. The molecule has 164 valence electrons. The number of hydrogen-bond acceptors (Lipinski definition) is 6. The largest absolute Gasteiger partial charge is 0.421 e. The summed E-state index contributed by atoms with van der Waals surface area (Å²) in [5.74, 6) is -1.46. The van der Waals surface area contributed by atoms with Crippen molar-refractivity contribution < 1.29 is 27.5 Å². The van der Waals surface area contributed by atoms with Gasteiger partial charge in [0.25, 0.3) is 0 Å². The maximum atomic E-state index is 13.4. The summed E-state index contributed by atoms with van der Waals surface area (Å²) in [6.45, 7) is 9.97. The van der Waals surface area contributed by atoms with Gasteiger partial charge in [0.15, 0.2) is 11.5 Å². The minimum atomic E-state index is -4.15. The monoisotopic (exact) mass is 698 g/mol. The van der Waals surface area contributed by atoms with Crippen LogP contribution < -0.4 is 9.47 Å². The molecule has 0 unspecified atom stereocenters. The normalized spacial score (nSPS) is 11.0. The smallest absolute Gasteiger partial charge is 0.338 e. The van der Waals surface area contributed by atoms with E-state index in [-0.39, 0.29) is 41.4 Å². The minimum Gasteiger partial charge on any atom is -0.421 e. The van der Waals surface area contributed by atoms with E-state index in [1.807, 2.05) is 0 Å². The molecule has 0 aromatic heterocycles. The van der Waals surface area contributed by atoms with Crippen molar-refractivity contribution in [2.24, 2.45) is 0 Å². The first-order chi connectivity index (χ1) is 14.3. The van der Waals surface area contributed by atoms with Crippen LogP contribution in [0.25, 0.3) is 0 Å². The topological polar surface area (TPSA) is 86.7 Å². The number of sulfone groups is 1. The fourth-order valence-corrected chi connectivity index (χ4v) is 6.98. The van der Waals surface area contributed by atoms with E-state index in [0.29, 0.717) is 8.95 Å². The number of rotatable bonds is 6. The van der Waals surface area contributed by atoms with Gasteiger partial charge in [0.1, 0.15) is 0 Å². The van der Waals surface area contributed by atoms with Crippen LogP contribution in [0.15, 0.2) is 76.3 Å². The molecule has 2 aromatic rings. The molecule has 0 heterocycles. The third-order valence-corrected chi connectivity index (χ3v) is 8.88. The first-order valence-corrected chi connectivity index (χ1v) is 12.9. The summed E-state index contributed by atoms with van der Waals surface area (Å²) in [7, 11) is -4.15. The van der Waals surface area contributed by atoms with Crippen molar-refractivity contribution in [2.75, 3.05) is 0 Å². The van der Waals surface area contributed by atoms with Gasteiger partial charge in [-0.3, -0.25) is 0 Å². The number of halogens is 4. The number of esters is 2. The van der Waals surface area contributed by atoms with Gasteiger partial charge >= 0.3 is 11.9 Å². The fourth-order valence-electron chi connectivity index (χ4n) is 2.11. The Hall–Kier alpha value is -1.27. The molecule has 0 bridgehead atoms. The van der Waals surface area contributed by atoms with E-state index < -0.39 is 21.8 Å². The third-order valence-electron chi connectivity index (χ3n) is 3.69. The molecule has 0 aliphatic heterocycles. The molecule has 0 fully saturated rings. The highest BCUT2D eigenvalue weighted by atomic mass is 79.9. The summed E-state index contributed by atoms with van der Waals surface area (Å²) in [4.78, 5) is 23.6. The van der Waals surface area contributed by atoms with Gasteiger partial charge in [-0.25, -0.2) is 18.0 Å². The van der Waals surface area contributed by atoms with Crippen molar-refractivity contribution in [3.05, 3.63) is 66.5 Å². The summed E-state index contributed by atoms with van der Waals surface area (Å²) in [6.07, 6.45) is 0. The second kappa shape index (κ2) is 10.1. The zero-order chi connectivity index (χ0) is 23.7. The zero-order valence-corrected chi connectivity index (χ0v) is 23.3. The van der Waals surface area contributed by atoms with Crippen LogP contribution in [0, 0.1) is 0 Å². The number of benzene rings is 2. The molecule has 0 aliphatic rings. The molecule has 2 rings (SSSR count). The van der Waals surface area contributed by atoms with Crippen LogP contribution in [0.4, 0.5) is 0 Å². The van der Waals surface area contributed by atoms with E-state index in [9.17, 15) is 18.0 Å². The van der Waals surface area contributed by atoms with Crippen LogP contribution in [0.1, 0.15) is 13.8 Å². The number of carbonyl (C=O) groups is 2. The molecule has 6 nitrogen and oxygen atoms in total. The third kappa shape index (κ3) is 5.57. The molecule has 0 atom stereocenters. The average molecular weight is 702 g/mol. The molecule has 0 radical (unpaired) electrons. The molecule has 0 aliphatic carbocycles. The summed E-state index contributed by atoms with van der Waals surface area (Å²) in [5.41, 5.74) is 0.290. The Bertz CT molecular complexity index is 1150. The molecular weight excluding hydrogens is 688 g/mol. The molecule has 0 N–H and O–H groups in total. The van der Waals surface area contributed by atoms with Gasteiger partial charge in [-0.05, 0) is 102 Å². The van der Waals surface area contributed by atoms with E-state index >= 15 is 0 Å². The number of hydrogen-bond donors (Lipinski definition) is 0. The van der Waals surface area contributed by atoms with Gasteiger partial charge in [0.05, 0.1) is 27.7 Å². The first kappa shape index (κ1) is 26.0. The summed E-state index contributed by atoms with van der Waals surface area (Å²) in [5, 5.41) is 0. The van der Waals surface area contributed by atoms with Crippen LogP contribution in [0.3, 0.4) is 0 Å². The Kier molecular flexibility index (Phi) is 8.48. The lowest BCUT2D eigenvalue weighted by atomic mass is 10.3. The van der Waals surface area contributed by atoms with Gasteiger partial charge in [0, 0.05) is 11.1 Å². The van der Waals surface area contributed by atoms with E-state index in [0.717, 1.165) is 0 Å². The van der Waals surface area contributed by atoms with Crippen LogP contribution in [0.2, 0.25) is 0 Å². The van der Waals surface area contributed by atoms with Gasteiger partial charge < -0.3 is 9.47 Å². The molecule has 0 saturated carbocycles. The molecule has 11 heteroatoms. The Labute approximate surface area is 213 Å². The highest BCUT2D eigenvalue weighted by Crippen LogP contribution is 2.44. The van der Waals surface area contributed by atoms with Crippen molar-refractivity contribution >= 4 is 85.5 Å². The zero-order valence-electron chi connectivity index (χ0n) is 16.1. The number of carbonyl (C=O) groups excluding carboxylic acids is 2. The second-order valence-electron chi connectivity index (χ2n) is 6.22. The van der Waals surface area contributed by atoms with Gasteiger partial charge in [-0.2, -0.15) is 0 Å². The maximum absolute atomic E-state index is 13.4. The average Bonchev–Trinajstić information content (AvgIpc) is 2.67. The standard InChI is InChI=1S/C20H14Br4O6S/c1-9(2)19(25)29-17-11(21)5-7-13(15(17)23)31(27,28)14-8-6-12(22)18(16(14)24)30-20(26)10(3)4/h5-8H,1,3H2,2,4H3. The van der Waals surface area contributed by atoms with Crippen LogP contribution in [-0.2, 0) is 19.4 Å². The maximum Gasteiger partial charge on any atom is 0.338 e. The molecule has 2 aromatic carbocycles. The highest BCUT2D eigenvalue weighted by Gasteiger charge is 2.29. The lowest BCUT2D eigenvalue weighted by Gasteiger charge is -2.15. The highest BCUT2D eigenvalue weighted by molar-refractivity contribution is 9.11. The lowest BCUT2D eigenvalue weighted by Crippen LogP contribution is -2.12. The van der Waals surface area contributed by atoms with Crippen molar-refractivity contribution in [1.82, 2.24) is 0 Å². The molecule has 0 saturated heterocycles. The Morgan fingerprint density at radius 1 is 0.742 bits per heavy atom. The van der Waals surface area contributed by atoms with Crippen molar-refractivity contribution in [1.29, 1.82) is 0 Å². The molecular formula is C20H14Br4O6S. The van der Waals surface area contributed by atoms with E-state index in [4.69, 9.17) is 9.47 Å². The van der Waals surface area contributed by atoms with Crippen molar-refractivity contribution in [2.45, 2.75) is 23.6 Å². The van der Waals surface area contributed by atoms with Crippen molar-refractivity contribution in [3.8, 4) is 11.5 Å². The summed E-state index contributed by atoms with van der Waals surface area (Å²) >= 11 is 12.9. The predicted octanol–water partition coefficient (Wildman–Crippen LogP) is 6.53. The van der Waals surface area contributed by atoms with E-state index in [1.165, 1.54) is 38.1 Å². The van der Waals surface area contributed by atoms with Gasteiger partial charge in [0.2, 0.25) is 9.84 Å². The van der Waals surface area contributed by atoms with Crippen molar-refractivity contribution in [3.63, 3.8) is 0 Å². The van der Waals surface area contributed by atoms with Gasteiger partial charge in [-0.1, -0.05) is 13.2 Å². The van der Waals surface area contributed by atoms with Crippen LogP contribution in [0.5, 0.6) is 11.5 Å². The lowest BCUT2D eigenvalue weighted by molar-refractivity contribution is -0.131. The second-order valence-corrected chi connectivity index (χ2v) is 11.4. The van der Waals surface area contributed by atoms with Gasteiger partial charge in [-0.15, -0.1) is 0 Å². The quantitative estimate of drug-likeness (QED) is 0.194. The predicted molar refractivity (Wildman–Crippen MR) is 130 cm³/mol. The summed E-state index contributed by atoms with van der Waals surface area (Å²) in [6, 6.07) is 5.56.